The molecule has 0 saturated carbocycles. The second-order valence-corrected chi connectivity index (χ2v) is 6.20. The summed E-state index contributed by atoms with van der Waals surface area (Å²) in [5.41, 5.74) is 1.75. The van der Waals surface area contributed by atoms with Gasteiger partial charge in [0.25, 0.3) is 0 Å². The molecule has 0 saturated heterocycles. The van der Waals surface area contributed by atoms with E-state index in [4.69, 9.17) is 21.1 Å². The molecule has 0 atom stereocenters. The lowest BCUT2D eigenvalue weighted by atomic mass is 10.1. The summed E-state index contributed by atoms with van der Waals surface area (Å²) in [4.78, 5) is 8.96. The Morgan fingerprint density at radius 3 is 2.57 bits per heavy atom. The van der Waals surface area contributed by atoms with Crippen LogP contribution in [0.25, 0.3) is 11.4 Å². The Morgan fingerprint density at radius 2 is 1.86 bits per heavy atom. The lowest BCUT2D eigenvalue weighted by Gasteiger charge is -2.19. The van der Waals surface area contributed by atoms with Crippen molar-refractivity contribution in [1.82, 2.24) is 9.97 Å². The Bertz CT molecular complexity index is 692. The van der Waals surface area contributed by atoms with E-state index in [1.165, 1.54) is 0 Å². The minimum absolute atomic E-state index is 0.246. The zero-order valence-corrected chi connectivity index (χ0v) is 14.0. The second-order valence-electron chi connectivity index (χ2n) is 5.05. The second kappa shape index (κ2) is 5.81. The fourth-order valence-electron chi connectivity index (χ4n) is 2.13. The number of fused-ring (bicyclic) bond motifs is 1. The van der Waals surface area contributed by atoms with Crippen molar-refractivity contribution in [2.24, 2.45) is 0 Å². The summed E-state index contributed by atoms with van der Waals surface area (Å²) in [6, 6.07) is 5.67. The molecular formula is C15H14BrClN2O2. The largest absolute Gasteiger partial charge is 0.486 e. The van der Waals surface area contributed by atoms with Gasteiger partial charge in [0.1, 0.15) is 18.4 Å². The molecule has 110 valence electrons. The molecule has 3 rings (SSSR count). The maximum atomic E-state index is 6.20. The van der Waals surface area contributed by atoms with Gasteiger partial charge in [-0.3, -0.25) is 0 Å². The predicted molar refractivity (Wildman–Crippen MR) is 85.3 cm³/mol. The third-order valence-corrected chi connectivity index (χ3v) is 4.47. The Hall–Kier alpha value is -1.33. The summed E-state index contributed by atoms with van der Waals surface area (Å²) in [5.74, 6) is 2.30. The van der Waals surface area contributed by atoms with Gasteiger partial charge >= 0.3 is 0 Å². The predicted octanol–water partition coefficient (Wildman–Crippen LogP) is 4.45. The molecule has 2 heterocycles. The Morgan fingerprint density at radius 1 is 1.14 bits per heavy atom. The van der Waals surface area contributed by atoms with Crippen LogP contribution in [0.3, 0.4) is 0 Å². The molecular weight excluding hydrogens is 356 g/mol. The Balaban J connectivity index is 2.08. The van der Waals surface area contributed by atoms with Crippen molar-refractivity contribution in [3.05, 3.63) is 33.5 Å². The summed E-state index contributed by atoms with van der Waals surface area (Å²) in [6.07, 6.45) is 0. The van der Waals surface area contributed by atoms with E-state index >= 15 is 0 Å². The van der Waals surface area contributed by atoms with E-state index in [2.05, 4.69) is 39.7 Å². The zero-order chi connectivity index (χ0) is 15.0. The SMILES string of the molecule is CC(C)c1nc(-c2ccc3c(c2)OCCO3)nc(Cl)c1Br. The van der Waals surface area contributed by atoms with Crippen molar-refractivity contribution in [3.8, 4) is 22.9 Å². The van der Waals surface area contributed by atoms with E-state index < -0.39 is 0 Å². The molecule has 2 aromatic rings. The fraction of sp³-hybridized carbons (Fsp3) is 0.333. The van der Waals surface area contributed by atoms with E-state index in [1.54, 1.807) is 0 Å². The van der Waals surface area contributed by atoms with Crippen LogP contribution in [0.15, 0.2) is 22.7 Å². The quantitative estimate of drug-likeness (QED) is 0.733. The molecule has 0 unspecified atom stereocenters. The molecule has 4 nitrogen and oxygen atoms in total. The van der Waals surface area contributed by atoms with Crippen LogP contribution in [0.4, 0.5) is 0 Å². The van der Waals surface area contributed by atoms with Gasteiger partial charge in [-0.1, -0.05) is 25.4 Å². The third kappa shape index (κ3) is 2.85. The molecule has 1 aromatic carbocycles. The van der Waals surface area contributed by atoms with Gasteiger partial charge in [0, 0.05) is 5.56 Å². The monoisotopic (exact) mass is 368 g/mol. The number of hydrogen-bond donors (Lipinski definition) is 0. The summed E-state index contributed by atoms with van der Waals surface area (Å²) >= 11 is 9.65. The maximum Gasteiger partial charge on any atom is 0.162 e. The molecule has 1 aliphatic rings. The first-order valence-electron chi connectivity index (χ1n) is 6.69. The van der Waals surface area contributed by atoms with Gasteiger partial charge in [-0.25, -0.2) is 9.97 Å². The van der Waals surface area contributed by atoms with Crippen LogP contribution in [0.5, 0.6) is 11.5 Å². The number of aromatic nitrogens is 2. The standard InChI is InChI=1S/C15H14BrClN2O2/c1-8(2)13-12(16)14(17)19-15(18-13)9-3-4-10-11(7-9)21-6-5-20-10/h3-4,7-8H,5-6H2,1-2H3. The van der Waals surface area contributed by atoms with Crippen LogP contribution in [0.2, 0.25) is 5.15 Å². The first-order chi connectivity index (χ1) is 10.1. The van der Waals surface area contributed by atoms with E-state index in [0.29, 0.717) is 29.9 Å². The smallest absolute Gasteiger partial charge is 0.162 e. The van der Waals surface area contributed by atoms with Gasteiger partial charge in [-0.05, 0) is 40.0 Å². The van der Waals surface area contributed by atoms with Gasteiger partial charge in [0.15, 0.2) is 17.3 Å². The Kier molecular flexibility index (Phi) is 4.04. The minimum atomic E-state index is 0.246. The fourth-order valence-corrected chi connectivity index (χ4v) is 2.94. The van der Waals surface area contributed by atoms with E-state index in [-0.39, 0.29) is 5.92 Å². The number of hydrogen-bond acceptors (Lipinski definition) is 4. The van der Waals surface area contributed by atoms with E-state index in [0.717, 1.165) is 21.5 Å². The lowest BCUT2D eigenvalue weighted by Crippen LogP contribution is -2.15. The van der Waals surface area contributed by atoms with Crippen molar-refractivity contribution < 1.29 is 9.47 Å². The average Bonchev–Trinajstić information content (AvgIpc) is 2.49. The zero-order valence-electron chi connectivity index (χ0n) is 11.7. The number of nitrogens with zero attached hydrogens (tertiary/aromatic N) is 2. The van der Waals surface area contributed by atoms with Gasteiger partial charge in [-0.15, -0.1) is 0 Å². The molecule has 0 radical (unpaired) electrons. The lowest BCUT2D eigenvalue weighted by molar-refractivity contribution is 0.171. The molecule has 1 aliphatic heterocycles. The molecule has 21 heavy (non-hydrogen) atoms. The van der Waals surface area contributed by atoms with Crippen molar-refractivity contribution >= 4 is 27.5 Å². The number of rotatable bonds is 2. The van der Waals surface area contributed by atoms with Crippen molar-refractivity contribution in [2.75, 3.05) is 13.2 Å². The topological polar surface area (TPSA) is 44.2 Å². The first kappa shape index (κ1) is 14.6. The van der Waals surface area contributed by atoms with Crippen LogP contribution < -0.4 is 9.47 Å². The molecule has 1 aromatic heterocycles. The molecule has 0 amide bonds. The van der Waals surface area contributed by atoms with E-state index in [9.17, 15) is 0 Å². The molecule has 0 fully saturated rings. The first-order valence-corrected chi connectivity index (χ1v) is 7.86. The van der Waals surface area contributed by atoms with Gasteiger partial charge < -0.3 is 9.47 Å². The van der Waals surface area contributed by atoms with Gasteiger partial charge in [-0.2, -0.15) is 0 Å². The van der Waals surface area contributed by atoms with Crippen molar-refractivity contribution in [1.29, 1.82) is 0 Å². The molecule has 0 aliphatic carbocycles. The van der Waals surface area contributed by atoms with Crippen molar-refractivity contribution in [3.63, 3.8) is 0 Å². The van der Waals surface area contributed by atoms with Crippen LogP contribution >= 0.6 is 27.5 Å². The normalized spacial score (nSPS) is 13.6. The highest BCUT2D eigenvalue weighted by Crippen LogP contribution is 2.35. The Labute approximate surface area is 136 Å². The molecule has 6 heteroatoms. The third-order valence-electron chi connectivity index (χ3n) is 3.18. The van der Waals surface area contributed by atoms with Crippen LogP contribution in [-0.2, 0) is 0 Å². The number of benzene rings is 1. The summed E-state index contributed by atoms with van der Waals surface area (Å²) in [6.45, 7) is 5.26. The highest BCUT2D eigenvalue weighted by atomic mass is 79.9. The van der Waals surface area contributed by atoms with Crippen LogP contribution in [0.1, 0.15) is 25.5 Å². The van der Waals surface area contributed by atoms with Gasteiger partial charge in [0.2, 0.25) is 0 Å². The van der Waals surface area contributed by atoms with Crippen molar-refractivity contribution in [2.45, 2.75) is 19.8 Å². The average molecular weight is 370 g/mol. The number of halogens is 2. The molecule has 0 spiro atoms. The minimum Gasteiger partial charge on any atom is -0.486 e. The van der Waals surface area contributed by atoms with Crippen LogP contribution in [-0.4, -0.2) is 23.2 Å². The number of ether oxygens (including phenoxy) is 2. The molecule has 0 N–H and O–H groups in total. The summed E-state index contributed by atoms with van der Waals surface area (Å²) in [5, 5.41) is 0.415. The molecule has 0 bridgehead atoms. The van der Waals surface area contributed by atoms with Gasteiger partial charge in [0.05, 0.1) is 10.2 Å². The van der Waals surface area contributed by atoms with E-state index in [1.807, 2.05) is 18.2 Å². The maximum absolute atomic E-state index is 6.20. The van der Waals surface area contributed by atoms with Crippen LogP contribution in [0, 0.1) is 0 Å². The summed E-state index contributed by atoms with van der Waals surface area (Å²) < 4.78 is 11.9. The highest BCUT2D eigenvalue weighted by molar-refractivity contribution is 9.10. The summed E-state index contributed by atoms with van der Waals surface area (Å²) in [7, 11) is 0. The highest BCUT2D eigenvalue weighted by Gasteiger charge is 2.17.